The topological polar surface area (TPSA) is 106 Å². The maximum atomic E-state index is 11.2. The molecule has 158 valence electrons. The zero-order valence-corrected chi connectivity index (χ0v) is 17.8. The van der Waals surface area contributed by atoms with E-state index < -0.39 is 12.0 Å². The molecule has 0 aliphatic carbocycles. The first-order chi connectivity index (χ1) is 14.4. The lowest BCUT2D eigenvalue weighted by molar-refractivity contribution is -0.139. The van der Waals surface area contributed by atoms with Crippen LogP contribution < -0.4 is 20.1 Å². The monoisotopic (exact) mass is 428 g/mol. The van der Waals surface area contributed by atoms with Crippen molar-refractivity contribution in [3.05, 3.63) is 29.6 Å². The summed E-state index contributed by atoms with van der Waals surface area (Å²) in [5.41, 5.74) is 2.18. The van der Waals surface area contributed by atoms with Gasteiger partial charge in [0.25, 0.3) is 0 Å². The molecular formula is C21H24N4O4S. The Kier molecular flexibility index (Phi) is 5.74. The summed E-state index contributed by atoms with van der Waals surface area (Å²) in [5.74, 6) is 0.493. The van der Waals surface area contributed by atoms with Gasteiger partial charge in [-0.15, -0.1) is 11.3 Å². The van der Waals surface area contributed by atoms with E-state index in [-0.39, 0.29) is 12.1 Å². The van der Waals surface area contributed by atoms with Gasteiger partial charge in [-0.25, -0.2) is 9.97 Å². The molecule has 3 aromatic rings. The maximum absolute atomic E-state index is 11.2. The van der Waals surface area contributed by atoms with Crippen LogP contribution in [0.3, 0.4) is 0 Å². The molecule has 2 aromatic heterocycles. The van der Waals surface area contributed by atoms with Gasteiger partial charge in [0.1, 0.15) is 29.3 Å². The van der Waals surface area contributed by atoms with E-state index in [1.54, 1.807) is 7.11 Å². The molecule has 1 saturated heterocycles. The third kappa shape index (κ3) is 4.31. The Labute approximate surface area is 178 Å². The van der Waals surface area contributed by atoms with Crippen LogP contribution in [0.25, 0.3) is 22.3 Å². The normalized spacial score (nSPS) is 18.7. The second-order valence-corrected chi connectivity index (χ2v) is 8.36. The van der Waals surface area contributed by atoms with E-state index in [1.807, 2.05) is 29.6 Å². The third-order valence-corrected chi connectivity index (χ3v) is 5.61. The standard InChI is InChI=1S/C21H24N4O4S/c1-11(2)23-21-25-18(10-30-21)16-8-19(29-13-7-17(20(26)27)22-9-13)14-5-4-12(28-3)6-15(14)24-16/h4-6,8,10-11,13,17,22H,7,9H2,1-3H3,(H,23,25)(H,26,27)/t13-,17+/m1/s1. The van der Waals surface area contributed by atoms with Gasteiger partial charge in [0.15, 0.2) is 5.13 Å². The number of rotatable bonds is 7. The number of benzene rings is 1. The highest BCUT2D eigenvalue weighted by Gasteiger charge is 2.31. The molecule has 0 saturated carbocycles. The number of pyridine rings is 1. The molecule has 0 radical (unpaired) electrons. The molecule has 1 aliphatic heterocycles. The first kappa shape index (κ1) is 20.4. The minimum absolute atomic E-state index is 0.236. The molecule has 0 amide bonds. The Morgan fingerprint density at radius 1 is 1.30 bits per heavy atom. The van der Waals surface area contributed by atoms with E-state index >= 15 is 0 Å². The van der Waals surface area contributed by atoms with Gasteiger partial charge in [0, 0.05) is 41.9 Å². The zero-order valence-electron chi connectivity index (χ0n) is 17.0. The number of carbonyl (C=O) groups is 1. The molecule has 1 aliphatic rings. The van der Waals surface area contributed by atoms with Crippen molar-refractivity contribution < 1.29 is 19.4 Å². The second-order valence-electron chi connectivity index (χ2n) is 7.50. The van der Waals surface area contributed by atoms with Gasteiger partial charge in [-0.2, -0.15) is 0 Å². The fraction of sp³-hybridized carbons (Fsp3) is 0.381. The van der Waals surface area contributed by atoms with E-state index in [9.17, 15) is 9.90 Å². The van der Waals surface area contributed by atoms with Crippen molar-refractivity contribution >= 4 is 33.3 Å². The summed E-state index contributed by atoms with van der Waals surface area (Å²) in [4.78, 5) is 20.7. The van der Waals surface area contributed by atoms with E-state index in [4.69, 9.17) is 14.5 Å². The molecule has 0 unspecified atom stereocenters. The summed E-state index contributed by atoms with van der Waals surface area (Å²) in [6.45, 7) is 4.60. The second kappa shape index (κ2) is 8.45. The molecule has 2 atom stereocenters. The van der Waals surface area contributed by atoms with Crippen LogP contribution in [0.5, 0.6) is 11.5 Å². The lowest BCUT2D eigenvalue weighted by Crippen LogP contribution is -2.30. The van der Waals surface area contributed by atoms with Gasteiger partial charge in [-0.3, -0.25) is 4.79 Å². The Bertz CT molecular complexity index is 1070. The minimum atomic E-state index is -0.862. The summed E-state index contributed by atoms with van der Waals surface area (Å²) < 4.78 is 11.6. The van der Waals surface area contributed by atoms with E-state index in [2.05, 4.69) is 29.5 Å². The number of ether oxygens (including phenoxy) is 2. The van der Waals surface area contributed by atoms with Crippen LogP contribution in [-0.2, 0) is 4.79 Å². The van der Waals surface area contributed by atoms with Crippen LogP contribution >= 0.6 is 11.3 Å². The number of anilines is 1. The minimum Gasteiger partial charge on any atom is -0.497 e. The number of methoxy groups -OCH3 is 1. The molecule has 8 nitrogen and oxygen atoms in total. The quantitative estimate of drug-likeness (QED) is 0.526. The van der Waals surface area contributed by atoms with Crippen molar-refractivity contribution in [3.8, 4) is 22.9 Å². The zero-order chi connectivity index (χ0) is 21.3. The number of carboxylic acid groups (broad SMARTS) is 1. The summed E-state index contributed by atoms with van der Waals surface area (Å²) in [5, 5.41) is 19.1. The van der Waals surface area contributed by atoms with Crippen LogP contribution in [0.1, 0.15) is 20.3 Å². The molecule has 1 fully saturated rings. The molecule has 0 spiro atoms. The van der Waals surface area contributed by atoms with Crippen molar-refractivity contribution in [2.24, 2.45) is 0 Å². The number of hydrogen-bond acceptors (Lipinski definition) is 8. The molecule has 4 rings (SSSR count). The average Bonchev–Trinajstić information content (AvgIpc) is 3.36. The predicted molar refractivity (Wildman–Crippen MR) is 117 cm³/mol. The molecule has 3 heterocycles. The van der Waals surface area contributed by atoms with E-state index in [0.717, 1.165) is 21.7 Å². The Morgan fingerprint density at radius 2 is 2.13 bits per heavy atom. The highest BCUT2D eigenvalue weighted by molar-refractivity contribution is 7.14. The van der Waals surface area contributed by atoms with Crippen molar-refractivity contribution in [1.29, 1.82) is 0 Å². The number of fused-ring (bicyclic) bond motifs is 1. The van der Waals surface area contributed by atoms with Gasteiger partial charge in [-0.1, -0.05) is 0 Å². The summed E-state index contributed by atoms with van der Waals surface area (Å²) in [6, 6.07) is 7.19. The van der Waals surface area contributed by atoms with E-state index in [0.29, 0.717) is 30.2 Å². The van der Waals surface area contributed by atoms with Crippen molar-refractivity contribution in [3.63, 3.8) is 0 Å². The number of nitrogens with one attached hydrogen (secondary N) is 2. The van der Waals surface area contributed by atoms with Crippen LogP contribution in [0.4, 0.5) is 5.13 Å². The van der Waals surface area contributed by atoms with Gasteiger partial charge >= 0.3 is 5.97 Å². The fourth-order valence-electron chi connectivity index (χ4n) is 3.40. The van der Waals surface area contributed by atoms with Gasteiger partial charge in [0.2, 0.25) is 0 Å². The molecule has 3 N–H and O–H groups in total. The molecular weight excluding hydrogens is 404 g/mol. The largest absolute Gasteiger partial charge is 0.497 e. The summed E-state index contributed by atoms with van der Waals surface area (Å²) in [6.07, 6.45) is 0.171. The number of aromatic nitrogens is 2. The molecule has 0 bridgehead atoms. The Hall–Kier alpha value is -2.91. The van der Waals surface area contributed by atoms with Gasteiger partial charge in [-0.05, 0) is 26.0 Å². The van der Waals surface area contributed by atoms with Crippen molar-refractivity contribution in [2.75, 3.05) is 19.0 Å². The lowest BCUT2D eigenvalue weighted by atomic mass is 10.1. The highest BCUT2D eigenvalue weighted by atomic mass is 32.1. The smallest absolute Gasteiger partial charge is 0.320 e. The van der Waals surface area contributed by atoms with Crippen LogP contribution in [0.15, 0.2) is 29.6 Å². The fourth-order valence-corrected chi connectivity index (χ4v) is 4.25. The molecule has 1 aromatic carbocycles. The number of carboxylic acids is 1. The van der Waals surface area contributed by atoms with Gasteiger partial charge in [0.05, 0.1) is 18.3 Å². The van der Waals surface area contributed by atoms with Crippen LogP contribution in [0, 0.1) is 0 Å². The summed E-state index contributed by atoms with van der Waals surface area (Å²) in [7, 11) is 1.61. The number of nitrogens with zero attached hydrogens (tertiary/aromatic N) is 2. The van der Waals surface area contributed by atoms with Crippen molar-refractivity contribution in [1.82, 2.24) is 15.3 Å². The number of hydrogen-bond donors (Lipinski definition) is 3. The molecule has 9 heteroatoms. The van der Waals surface area contributed by atoms with Gasteiger partial charge < -0.3 is 25.2 Å². The predicted octanol–water partition coefficient (Wildman–Crippen LogP) is 3.38. The van der Waals surface area contributed by atoms with Crippen LogP contribution in [-0.4, -0.2) is 52.9 Å². The average molecular weight is 429 g/mol. The maximum Gasteiger partial charge on any atom is 0.320 e. The summed E-state index contributed by atoms with van der Waals surface area (Å²) >= 11 is 1.53. The lowest BCUT2D eigenvalue weighted by Gasteiger charge is -2.16. The first-order valence-electron chi connectivity index (χ1n) is 9.77. The van der Waals surface area contributed by atoms with Crippen molar-refractivity contribution in [2.45, 2.75) is 38.5 Å². The molecule has 30 heavy (non-hydrogen) atoms. The highest BCUT2D eigenvalue weighted by Crippen LogP contribution is 2.34. The number of thiazole rings is 1. The SMILES string of the molecule is COc1ccc2c(O[C@H]3CN[C@H](C(=O)O)C3)cc(-c3csc(NC(C)C)n3)nc2c1. The first-order valence-corrected chi connectivity index (χ1v) is 10.6. The van der Waals surface area contributed by atoms with Crippen LogP contribution in [0.2, 0.25) is 0 Å². The Morgan fingerprint density at radius 3 is 2.83 bits per heavy atom. The third-order valence-electron chi connectivity index (χ3n) is 4.84. The Balaban J connectivity index is 1.70. The number of aliphatic carboxylic acids is 1. The van der Waals surface area contributed by atoms with E-state index in [1.165, 1.54) is 11.3 Å².